The SMILES string of the molecule is Cc1ccc(CNC(=O)c2cccc(CCl)c2)o1. The van der Waals surface area contributed by atoms with E-state index in [-0.39, 0.29) is 5.91 Å². The van der Waals surface area contributed by atoms with E-state index in [0.717, 1.165) is 17.1 Å². The molecule has 18 heavy (non-hydrogen) atoms. The van der Waals surface area contributed by atoms with Crippen molar-refractivity contribution in [3.05, 3.63) is 59.0 Å². The van der Waals surface area contributed by atoms with Crippen molar-refractivity contribution in [2.45, 2.75) is 19.3 Å². The lowest BCUT2D eigenvalue weighted by atomic mass is 10.1. The van der Waals surface area contributed by atoms with E-state index in [0.29, 0.717) is 18.0 Å². The van der Waals surface area contributed by atoms with E-state index in [9.17, 15) is 4.79 Å². The van der Waals surface area contributed by atoms with Crippen LogP contribution in [0.5, 0.6) is 0 Å². The van der Waals surface area contributed by atoms with Crippen LogP contribution in [0.2, 0.25) is 0 Å². The Morgan fingerprint density at radius 2 is 2.17 bits per heavy atom. The van der Waals surface area contributed by atoms with Crippen LogP contribution >= 0.6 is 11.6 Å². The van der Waals surface area contributed by atoms with Crippen molar-refractivity contribution in [1.82, 2.24) is 5.32 Å². The highest BCUT2D eigenvalue weighted by Gasteiger charge is 2.07. The molecule has 1 aromatic carbocycles. The fourth-order valence-corrected chi connectivity index (χ4v) is 1.81. The van der Waals surface area contributed by atoms with Gasteiger partial charge in [0.05, 0.1) is 6.54 Å². The molecule has 2 aromatic rings. The zero-order valence-electron chi connectivity index (χ0n) is 10.1. The summed E-state index contributed by atoms with van der Waals surface area (Å²) in [6.45, 7) is 2.26. The molecule has 0 saturated carbocycles. The maximum atomic E-state index is 11.9. The summed E-state index contributed by atoms with van der Waals surface area (Å²) in [6.07, 6.45) is 0. The maximum absolute atomic E-state index is 11.9. The summed E-state index contributed by atoms with van der Waals surface area (Å²) in [6, 6.07) is 11.0. The van der Waals surface area contributed by atoms with Crippen LogP contribution < -0.4 is 5.32 Å². The molecule has 1 heterocycles. The first-order valence-corrected chi connectivity index (χ1v) is 6.21. The van der Waals surface area contributed by atoms with Gasteiger partial charge in [-0.05, 0) is 36.8 Å². The molecule has 1 aromatic heterocycles. The summed E-state index contributed by atoms with van der Waals surface area (Å²) in [5, 5.41) is 2.80. The smallest absolute Gasteiger partial charge is 0.251 e. The Morgan fingerprint density at radius 3 is 2.83 bits per heavy atom. The summed E-state index contributed by atoms with van der Waals surface area (Å²) in [7, 11) is 0. The molecule has 0 unspecified atom stereocenters. The predicted octanol–water partition coefficient (Wildman–Crippen LogP) is 3.26. The van der Waals surface area contributed by atoms with Crippen LogP contribution in [-0.4, -0.2) is 5.91 Å². The van der Waals surface area contributed by atoms with E-state index in [1.54, 1.807) is 12.1 Å². The third-order valence-electron chi connectivity index (χ3n) is 2.56. The van der Waals surface area contributed by atoms with Crippen LogP contribution in [-0.2, 0) is 12.4 Å². The number of hydrogen-bond donors (Lipinski definition) is 1. The molecule has 1 amide bonds. The predicted molar refractivity (Wildman–Crippen MR) is 70.6 cm³/mol. The van der Waals surface area contributed by atoms with Gasteiger partial charge in [-0.15, -0.1) is 11.6 Å². The third-order valence-corrected chi connectivity index (χ3v) is 2.87. The second kappa shape index (κ2) is 5.74. The molecule has 0 aliphatic rings. The van der Waals surface area contributed by atoms with Crippen molar-refractivity contribution < 1.29 is 9.21 Å². The van der Waals surface area contributed by atoms with Crippen LogP contribution in [0, 0.1) is 6.92 Å². The first-order valence-electron chi connectivity index (χ1n) is 5.67. The van der Waals surface area contributed by atoms with E-state index >= 15 is 0 Å². The van der Waals surface area contributed by atoms with Gasteiger partial charge in [0.25, 0.3) is 5.91 Å². The number of halogens is 1. The number of amides is 1. The number of nitrogens with one attached hydrogen (secondary N) is 1. The first-order chi connectivity index (χ1) is 8.69. The van der Waals surface area contributed by atoms with Crippen molar-refractivity contribution in [3.8, 4) is 0 Å². The first kappa shape index (κ1) is 12.7. The summed E-state index contributed by atoms with van der Waals surface area (Å²) in [5.74, 6) is 1.85. The Bertz CT molecular complexity index is 548. The number of hydrogen-bond acceptors (Lipinski definition) is 2. The number of furan rings is 1. The number of benzene rings is 1. The van der Waals surface area contributed by atoms with E-state index in [2.05, 4.69) is 5.32 Å². The van der Waals surface area contributed by atoms with E-state index in [4.69, 9.17) is 16.0 Å². The summed E-state index contributed by atoms with van der Waals surface area (Å²) >= 11 is 5.73. The normalized spacial score (nSPS) is 10.3. The van der Waals surface area contributed by atoms with Crippen LogP contribution in [0.25, 0.3) is 0 Å². The topological polar surface area (TPSA) is 42.2 Å². The minimum absolute atomic E-state index is 0.129. The Kier molecular flexibility index (Phi) is 4.05. The molecule has 0 bridgehead atoms. The summed E-state index contributed by atoms with van der Waals surface area (Å²) in [4.78, 5) is 11.9. The zero-order chi connectivity index (χ0) is 13.0. The van der Waals surface area contributed by atoms with Gasteiger partial charge < -0.3 is 9.73 Å². The number of rotatable bonds is 4. The lowest BCUT2D eigenvalue weighted by molar-refractivity contribution is 0.0948. The third kappa shape index (κ3) is 3.14. The van der Waals surface area contributed by atoms with Gasteiger partial charge in [0, 0.05) is 11.4 Å². The van der Waals surface area contributed by atoms with Gasteiger partial charge in [-0.2, -0.15) is 0 Å². The molecule has 0 aliphatic carbocycles. The van der Waals surface area contributed by atoms with Gasteiger partial charge in [-0.25, -0.2) is 0 Å². The highest BCUT2D eigenvalue weighted by atomic mass is 35.5. The Labute approximate surface area is 111 Å². The van der Waals surface area contributed by atoms with Gasteiger partial charge in [0.1, 0.15) is 11.5 Å². The number of aryl methyl sites for hydroxylation is 1. The monoisotopic (exact) mass is 263 g/mol. The number of carbonyl (C=O) groups excluding carboxylic acids is 1. The molecular weight excluding hydrogens is 250 g/mol. The minimum atomic E-state index is -0.129. The average molecular weight is 264 g/mol. The van der Waals surface area contributed by atoms with Crippen molar-refractivity contribution in [1.29, 1.82) is 0 Å². The molecule has 0 spiro atoms. The van der Waals surface area contributed by atoms with Gasteiger partial charge in [-0.3, -0.25) is 4.79 Å². The molecule has 4 heteroatoms. The molecular formula is C14H14ClNO2. The zero-order valence-corrected chi connectivity index (χ0v) is 10.8. The van der Waals surface area contributed by atoms with E-state index in [1.807, 2.05) is 31.2 Å². The van der Waals surface area contributed by atoms with Gasteiger partial charge >= 0.3 is 0 Å². The fourth-order valence-electron chi connectivity index (χ4n) is 1.65. The molecule has 0 saturated heterocycles. The van der Waals surface area contributed by atoms with E-state index < -0.39 is 0 Å². The summed E-state index contributed by atoms with van der Waals surface area (Å²) < 4.78 is 5.38. The summed E-state index contributed by atoms with van der Waals surface area (Å²) in [5.41, 5.74) is 1.54. The lowest BCUT2D eigenvalue weighted by Crippen LogP contribution is -2.22. The Morgan fingerprint density at radius 1 is 1.33 bits per heavy atom. The number of carbonyl (C=O) groups is 1. The van der Waals surface area contributed by atoms with Crippen molar-refractivity contribution >= 4 is 17.5 Å². The van der Waals surface area contributed by atoms with Crippen molar-refractivity contribution in [2.75, 3.05) is 0 Å². The van der Waals surface area contributed by atoms with Gasteiger partial charge in [0.2, 0.25) is 0 Å². The lowest BCUT2D eigenvalue weighted by Gasteiger charge is -2.04. The molecule has 0 fully saturated rings. The Balaban J connectivity index is 1.99. The quantitative estimate of drug-likeness (QED) is 0.861. The van der Waals surface area contributed by atoms with Crippen LogP contribution in [0.1, 0.15) is 27.4 Å². The van der Waals surface area contributed by atoms with E-state index in [1.165, 1.54) is 0 Å². The maximum Gasteiger partial charge on any atom is 0.251 e. The molecule has 2 rings (SSSR count). The molecule has 1 N–H and O–H groups in total. The molecule has 0 atom stereocenters. The number of alkyl halides is 1. The van der Waals surface area contributed by atoms with Gasteiger partial charge in [-0.1, -0.05) is 12.1 Å². The molecule has 3 nitrogen and oxygen atoms in total. The highest BCUT2D eigenvalue weighted by Crippen LogP contribution is 2.09. The molecule has 0 radical (unpaired) electrons. The van der Waals surface area contributed by atoms with Crippen LogP contribution in [0.4, 0.5) is 0 Å². The van der Waals surface area contributed by atoms with Crippen molar-refractivity contribution in [3.63, 3.8) is 0 Å². The van der Waals surface area contributed by atoms with Crippen molar-refractivity contribution in [2.24, 2.45) is 0 Å². The van der Waals surface area contributed by atoms with Crippen LogP contribution in [0.15, 0.2) is 40.8 Å². The standard InChI is InChI=1S/C14H14ClNO2/c1-10-5-6-13(18-10)9-16-14(17)12-4-2-3-11(7-12)8-15/h2-7H,8-9H2,1H3,(H,16,17). The average Bonchev–Trinajstić information content (AvgIpc) is 2.82. The highest BCUT2D eigenvalue weighted by molar-refractivity contribution is 6.17. The molecule has 94 valence electrons. The van der Waals surface area contributed by atoms with Gasteiger partial charge in [0.15, 0.2) is 0 Å². The second-order valence-electron chi connectivity index (χ2n) is 4.03. The fraction of sp³-hybridized carbons (Fsp3) is 0.214. The minimum Gasteiger partial charge on any atom is -0.465 e. The van der Waals surface area contributed by atoms with Crippen LogP contribution in [0.3, 0.4) is 0 Å². The Hall–Kier alpha value is -1.74. The second-order valence-corrected chi connectivity index (χ2v) is 4.30. The molecule has 0 aliphatic heterocycles. The largest absolute Gasteiger partial charge is 0.465 e.